The van der Waals surface area contributed by atoms with E-state index in [1.165, 1.54) is 12.1 Å². The summed E-state index contributed by atoms with van der Waals surface area (Å²) >= 11 is 5.81. The molecule has 2 N–H and O–H groups in total. The van der Waals surface area contributed by atoms with Crippen LogP contribution in [0.5, 0.6) is 0 Å². The number of nitrogens with two attached hydrogens (primary N) is 1. The summed E-state index contributed by atoms with van der Waals surface area (Å²) in [7, 11) is 0. The third-order valence-electron chi connectivity index (χ3n) is 2.96. The van der Waals surface area contributed by atoms with Crippen LogP contribution in [0, 0.1) is 17.1 Å². The molecular formula is C14H8ClFN4. The normalized spacial score (nSPS) is 10.7. The molecule has 1 heterocycles. The van der Waals surface area contributed by atoms with Crippen molar-refractivity contribution in [3.63, 3.8) is 0 Å². The molecule has 2 aromatic carbocycles. The first-order valence-electron chi connectivity index (χ1n) is 5.73. The number of nitrogens with zero attached hydrogens (tertiary/aromatic N) is 3. The zero-order chi connectivity index (χ0) is 14.3. The number of imidazole rings is 1. The Bertz CT molecular complexity index is 863. The van der Waals surface area contributed by atoms with Gasteiger partial charge in [-0.2, -0.15) is 5.26 Å². The number of rotatable bonds is 1. The number of nitrogen functional groups attached to an aromatic ring is 1. The third kappa shape index (κ3) is 1.87. The summed E-state index contributed by atoms with van der Waals surface area (Å²) in [6.07, 6.45) is 0. The van der Waals surface area contributed by atoms with Crippen molar-refractivity contribution < 1.29 is 4.39 Å². The Morgan fingerprint density at radius 2 is 2.10 bits per heavy atom. The number of hydrogen-bond donors (Lipinski definition) is 1. The molecule has 0 amide bonds. The number of fused-ring (bicyclic) bond motifs is 1. The van der Waals surface area contributed by atoms with Crippen LogP contribution < -0.4 is 5.73 Å². The molecule has 0 spiro atoms. The Hall–Kier alpha value is -2.58. The highest BCUT2D eigenvalue weighted by Gasteiger charge is 2.13. The summed E-state index contributed by atoms with van der Waals surface area (Å²) in [6, 6.07) is 11.6. The molecule has 98 valence electrons. The van der Waals surface area contributed by atoms with Crippen molar-refractivity contribution in [2.45, 2.75) is 0 Å². The third-order valence-corrected chi connectivity index (χ3v) is 3.25. The number of nitriles is 1. The Balaban J connectivity index is 2.33. The van der Waals surface area contributed by atoms with Crippen LogP contribution in [0.15, 0.2) is 36.4 Å². The molecule has 0 unspecified atom stereocenters. The zero-order valence-electron chi connectivity index (χ0n) is 10.1. The molecule has 0 aliphatic carbocycles. The maximum atomic E-state index is 13.4. The number of halogens is 2. The van der Waals surface area contributed by atoms with Crippen LogP contribution in [-0.4, -0.2) is 9.55 Å². The fourth-order valence-corrected chi connectivity index (χ4v) is 2.24. The van der Waals surface area contributed by atoms with Crippen molar-refractivity contribution in [2.75, 3.05) is 5.73 Å². The van der Waals surface area contributed by atoms with E-state index in [1.807, 2.05) is 0 Å². The van der Waals surface area contributed by atoms with Gasteiger partial charge in [-0.25, -0.2) is 9.37 Å². The minimum atomic E-state index is -0.547. The van der Waals surface area contributed by atoms with Gasteiger partial charge in [-0.05, 0) is 24.3 Å². The van der Waals surface area contributed by atoms with Gasteiger partial charge in [0.05, 0.1) is 33.4 Å². The minimum absolute atomic E-state index is 0.00455. The molecule has 1 aromatic heterocycles. The lowest BCUT2D eigenvalue weighted by molar-refractivity contribution is 0.630. The predicted octanol–water partition coefficient (Wildman–Crippen LogP) is 3.27. The van der Waals surface area contributed by atoms with Gasteiger partial charge in [0.25, 0.3) is 0 Å². The van der Waals surface area contributed by atoms with Gasteiger partial charge in [-0.15, -0.1) is 0 Å². The lowest BCUT2D eigenvalue weighted by Crippen LogP contribution is -2.00. The number of benzene rings is 2. The van der Waals surface area contributed by atoms with Crippen LogP contribution in [0.25, 0.3) is 16.7 Å². The van der Waals surface area contributed by atoms with E-state index in [1.54, 1.807) is 28.8 Å². The lowest BCUT2D eigenvalue weighted by Gasteiger charge is -2.07. The second-order valence-electron chi connectivity index (χ2n) is 4.22. The minimum Gasteiger partial charge on any atom is -0.369 e. The lowest BCUT2D eigenvalue weighted by atomic mass is 10.2. The van der Waals surface area contributed by atoms with Crippen molar-refractivity contribution >= 4 is 28.6 Å². The first-order valence-corrected chi connectivity index (χ1v) is 6.11. The first kappa shape index (κ1) is 12.5. The number of hydrogen-bond acceptors (Lipinski definition) is 3. The topological polar surface area (TPSA) is 67.6 Å². The molecule has 0 atom stereocenters. The smallest absolute Gasteiger partial charge is 0.205 e. The van der Waals surface area contributed by atoms with Crippen molar-refractivity contribution in [1.82, 2.24) is 9.55 Å². The molecule has 3 rings (SSSR count). The van der Waals surface area contributed by atoms with E-state index in [0.29, 0.717) is 22.3 Å². The van der Waals surface area contributed by atoms with Crippen LogP contribution >= 0.6 is 11.6 Å². The van der Waals surface area contributed by atoms with Crippen molar-refractivity contribution in [3.05, 3.63) is 52.8 Å². The van der Waals surface area contributed by atoms with Gasteiger partial charge in [0.1, 0.15) is 5.82 Å². The van der Waals surface area contributed by atoms with Gasteiger partial charge in [0, 0.05) is 6.07 Å². The summed E-state index contributed by atoms with van der Waals surface area (Å²) in [5, 5.41) is 8.94. The summed E-state index contributed by atoms with van der Waals surface area (Å²) < 4.78 is 15.1. The van der Waals surface area contributed by atoms with Crippen LogP contribution in [-0.2, 0) is 0 Å². The molecule has 0 saturated heterocycles. The van der Waals surface area contributed by atoms with E-state index >= 15 is 0 Å². The summed E-state index contributed by atoms with van der Waals surface area (Å²) in [5.74, 6) is -0.341. The summed E-state index contributed by atoms with van der Waals surface area (Å²) in [5.41, 5.74) is 8.05. The van der Waals surface area contributed by atoms with E-state index in [-0.39, 0.29) is 11.0 Å². The molecule has 3 aromatic rings. The largest absolute Gasteiger partial charge is 0.369 e. The maximum absolute atomic E-state index is 13.4. The quantitative estimate of drug-likeness (QED) is 0.746. The van der Waals surface area contributed by atoms with Crippen LogP contribution in [0.1, 0.15) is 5.56 Å². The fourth-order valence-electron chi connectivity index (χ4n) is 2.08. The molecule has 0 bridgehead atoms. The highest BCUT2D eigenvalue weighted by atomic mass is 35.5. The fraction of sp³-hybridized carbons (Fsp3) is 0. The van der Waals surface area contributed by atoms with Crippen molar-refractivity contribution in [3.8, 4) is 11.8 Å². The van der Waals surface area contributed by atoms with Crippen molar-refractivity contribution in [1.29, 1.82) is 5.26 Å². The zero-order valence-corrected chi connectivity index (χ0v) is 10.9. The van der Waals surface area contributed by atoms with Crippen LogP contribution in [0.3, 0.4) is 0 Å². The maximum Gasteiger partial charge on any atom is 0.205 e. The molecule has 0 saturated carbocycles. The molecule has 0 fully saturated rings. The van der Waals surface area contributed by atoms with E-state index in [2.05, 4.69) is 11.1 Å². The van der Waals surface area contributed by atoms with Gasteiger partial charge < -0.3 is 5.73 Å². The Labute approximate surface area is 118 Å². The standard InChI is InChI=1S/C14H8ClFN4/c15-10-5-13-12(6-11(10)16)19-14(18)20(13)9-3-1-2-8(4-9)7-17/h1-6H,(H2,18,19). The van der Waals surface area contributed by atoms with E-state index in [9.17, 15) is 4.39 Å². The Morgan fingerprint density at radius 3 is 2.85 bits per heavy atom. The predicted molar refractivity (Wildman–Crippen MR) is 75.2 cm³/mol. The molecule has 0 aliphatic rings. The second kappa shape index (κ2) is 4.51. The highest BCUT2D eigenvalue weighted by molar-refractivity contribution is 6.31. The number of anilines is 1. The summed E-state index contributed by atoms with van der Waals surface area (Å²) in [4.78, 5) is 4.11. The molecule has 20 heavy (non-hydrogen) atoms. The monoisotopic (exact) mass is 286 g/mol. The van der Waals surface area contributed by atoms with Gasteiger partial charge in [-0.1, -0.05) is 17.7 Å². The van der Waals surface area contributed by atoms with Crippen LogP contribution in [0.4, 0.5) is 10.3 Å². The molecule has 0 aliphatic heterocycles. The molecule has 6 heteroatoms. The Kier molecular flexibility index (Phi) is 2.81. The summed E-state index contributed by atoms with van der Waals surface area (Å²) in [6.45, 7) is 0. The average Bonchev–Trinajstić information content (AvgIpc) is 2.74. The molecular weight excluding hydrogens is 279 g/mol. The number of aromatic nitrogens is 2. The Morgan fingerprint density at radius 1 is 1.30 bits per heavy atom. The van der Waals surface area contributed by atoms with Gasteiger partial charge in [0.15, 0.2) is 0 Å². The van der Waals surface area contributed by atoms with Crippen molar-refractivity contribution in [2.24, 2.45) is 0 Å². The SMILES string of the molecule is N#Cc1cccc(-n2c(N)nc3cc(F)c(Cl)cc32)c1. The van der Waals surface area contributed by atoms with E-state index < -0.39 is 5.82 Å². The van der Waals surface area contributed by atoms with Gasteiger partial charge >= 0.3 is 0 Å². The van der Waals surface area contributed by atoms with E-state index in [4.69, 9.17) is 22.6 Å². The van der Waals surface area contributed by atoms with Crippen LogP contribution in [0.2, 0.25) is 5.02 Å². The first-order chi connectivity index (χ1) is 9.60. The average molecular weight is 287 g/mol. The van der Waals surface area contributed by atoms with Gasteiger partial charge in [-0.3, -0.25) is 4.57 Å². The highest BCUT2D eigenvalue weighted by Crippen LogP contribution is 2.27. The van der Waals surface area contributed by atoms with Gasteiger partial charge in [0.2, 0.25) is 5.95 Å². The molecule has 0 radical (unpaired) electrons. The van der Waals surface area contributed by atoms with E-state index in [0.717, 1.165) is 0 Å². The second-order valence-corrected chi connectivity index (χ2v) is 4.63. The molecule has 4 nitrogen and oxygen atoms in total.